The van der Waals surface area contributed by atoms with Crippen LogP contribution in [0.15, 0.2) is 36.7 Å². The van der Waals surface area contributed by atoms with Gasteiger partial charge in [0.05, 0.1) is 0 Å². The zero-order valence-electron chi connectivity index (χ0n) is 10.9. The van der Waals surface area contributed by atoms with Crippen LogP contribution >= 0.6 is 0 Å². The molecule has 0 saturated carbocycles. The molecule has 2 nitrogen and oxygen atoms in total. The molecule has 0 amide bonds. The summed E-state index contributed by atoms with van der Waals surface area (Å²) in [6.07, 6.45) is 8.93. The maximum Gasteiger partial charge on any atom is 0.0456 e. The number of nitrogens with one attached hydrogen (secondary N) is 1. The number of pyridine rings is 1. The Hall–Kier alpha value is -1.41. The van der Waals surface area contributed by atoms with E-state index in [1.165, 1.54) is 42.0 Å². The van der Waals surface area contributed by atoms with Gasteiger partial charge in [0, 0.05) is 23.3 Å². The monoisotopic (exact) mass is 240 g/mol. The number of hydrogen-bond acceptors (Lipinski definition) is 2. The Labute approximate surface area is 108 Å². The first-order valence-corrected chi connectivity index (χ1v) is 6.94. The molecule has 0 bridgehead atoms. The smallest absolute Gasteiger partial charge is 0.0456 e. The quantitative estimate of drug-likeness (QED) is 0.886. The van der Waals surface area contributed by atoms with Crippen LogP contribution in [-0.2, 0) is 5.54 Å². The van der Waals surface area contributed by atoms with Crippen LogP contribution in [0.3, 0.4) is 0 Å². The largest absolute Gasteiger partial charge is 0.307 e. The fourth-order valence-electron chi connectivity index (χ4n) is 3.31. The molecule has 1 atom stereocenters. The zero-order chi connectivity index (χ0) is 12.4. The van der Waals surface area contributed by atoms with Crippen LogP contribution in [-0.4, -0.2) is 11.5 Å². The Kier molecular flexibility index (Phi) is 3.04. The number of aromatic nitrogens is 1. The summed E-state index contributed by atoms with van der Waals surface area (Å²) in [5.41, 5.74) is 1.54. The van der Waals surface area contributed by atoms with Crippen molar-refractivity contribution in [2.45, 2.75) is 38.1 Å². The molecule has 2 heterocycles. The van der Waals surface area contributed by atoms with Crippen LogP contribution in [0.25, 0.3) is 10.8 Å². The van der Waals surface area contributed by atoms with Crippen molar-refractivity contribution in [3.8, 4) is 0 Å². The summed E-state index contributed by atoms with van der Waals surface area (Å²) in [7, 11) is 0. The minimum absolute atomic E-state index is 0.155. The Bertz CT molecular complexity index is 536. The van der Waals surface area contributed by atoms with Gasteiger partial charge in [-0.05, 0) is 36.8 Å². The van der Waals surface area contributed by atoms with E-state index in [1.54, 1.807) is 0 Å². The van der Waals surface area contributed by atoms with Gasteiger partial charge in [-0.15, -0.1) is 0 Å². The molecule has 18 heavy (non-hydrogen) atoms. The van der Waals surface area contributed by atoms with Gasteiger partial charge in [-0.3, -0.25) is 4.98 Å². The van der Waals surface area contributed by atoms with Crippen molar-refractivity contribution >= 4 is 10.8 Å². The molecule has 1 saturated heterocycles. The van der Waals surface area contributed by atoms with E-state index in [4.69, 9.17) is 0 Å². The fourth-order valence-corrected chi connectivity index (χ4v) is 3.31. The van der Waals surface area contributed by atoms with Gasteiger partial charge in [-0.2, -0.15) is 0 Å². The van der Waals surface area contributed by atoms with Crippen LogP contribution in [0, 0.1) is 0 Å². The molecule has 1 aliphatic heterocycles. The molecule has 0 aliphatic carbocycles. The van der Waals surface area contributed by atoms with E-state index in [1.807, 2.05) is 6.20 Å². The van der Waals surface area contributed by atoms with Crippen LogP contribution in [0.2, 0.25) is 0 Å². The molecule has 0 spiro atoms. The van der Waals surface area contributed by atoms with Crippen molar-refractivity contribution in [3.63, 3.8) is 0 Å². The molecule has 1 aromatic heterocycles. The second-order valence-corrected chi connectivity index (χ2v) is 5.27. The van der Waals surface area contributed by atoms with E-state index in [0.29, 0.717) is 0 Å². The Morgan fingerprint density at radius 2 is 2.17 bits per heavy atom. The second kappa shape index (κ2) is 4.69. The summed E-state index contributed by atoms with van der Waals surface area (Å²) in [4.78, 5) is 4.44. The first-order valence-electron chi connectivity index (χ1n) is 6.94. The molecule has 0 radical (unpaired) electrons. The maximum atomic E-state index is 4.44. The predicted octanol–water partition coefficient (Wildman–Crippen LogP) is 3.61. The Morgan fingerprint density at radius 3 is 2.94 bits per heavy atom. The lowest BCUT2D eigenvalue weighted by Gasteiger charge is -2.30. The topological polar surface area (TPSA) is 24.9 Å². The van der Waals surface area contributed by atoms with Crippen molar-refractivity contribution in [2.24, 2.45) is 0 Å². The number of hydrogen-bond donors (Lipinski definition) is 1. The molecule has 2 heteroatoms. The average Bonchev–Trinajstić information content (AvgIpc) is 2.88. The standard InChI is InChI=1S/C16H20N2/c1-2-8-16(9-5-10-18-16)15-12-17-11-13-6-3-4-7-14(13)15/h3-4,6-7,11-12,18H,2,5,8-10H2,1H3. The summed E-state index contributed by atoms with van der Waals surface area (Å²) in [6.45, 7) is 3.39. The predicted molar refractivity (Wildman–Crippen MR) is 75.6 cm³/mol. The number of benzene rings is 1. The highest BCUT2D eigenvalue weighted by Crippen LogP contribution is 2.38. The fraction of sp³-hybridized carbons (Fsp3) is 0.438. The SMILES string of the molecule is CCCC1(c2cncc3ccccc23)CCCN1. The van der Waals surface area contributed by atoms with Gasteiger partial charge in [0.1, 0.15) is 0 Å². The molecule has 3 rings (SSSR count). The number of rotatable bonds is 3. The average molecular weight is 240 g/mol. The summed E-state index contributed by atoms with van der Waals surface area (Å²) in [5.74, 6) is 0. The van der Waals surface area contributed by atoms with E-state index in [-0.39, 0.29) is 5.54 Å². The van der Waals surface area contributed by atoms with Gasteiger partial charge in [-0.25, -0.2) is 0 Å². The Balaban J connectivity index is 2.17. The van der Waals surface area contributed by atoms with E-state index < -0.39 is 0 Å². The lowest BCUT2D eigenvalue weighted by molar-refractivity contribution is 0.358. The van der Waals surface area contributed by atoms with Crippen LogP contribution in [0.5, 0.6) is 0 Å². The minimum Gasteiger partial charge on any atom is -0.307 e. The molecule has 1 aromatic carbocycles. The first-order chi connectivity index (χ1) is 8.86. The summed E-state index contributed by atoms with van der Waals surface area (Å²) >= 11 is 0. The summed E-state index contributed by atoms with van der Waals surface area (Å²) < 4.78 is 0. The van der Waals surface area contributed by atoms with Crippen LogP contribution in [0.4, 0.5) is 0 Å². The van der Waals surface area contributed by atoms with Gasteiger partial charge in [0.2, 0.25) is 0 Å². The number of nitrogens with zero attached hydrogens (tertiary/aromatic N) is 1. The van der Waals surface area contributed by atoms with Crippen molar-refractivity contribution in [1.29, 1.82) is 0 Å². The lowest BCUT2D eigenvalue weighted by atomic mass is 9.83. The van der Waals surface area contributed by atoms with Crippen LogP contribution < -0.4 is 5.32 Å². The normalized spacial score (nSPS) is 23.6. The molecular weight excluding hydrogens is 220 g/mol. The maximum absolute atomic E-state index is 4.44. The van der Waals surface area contributed by atoms with Gasteiger partial charge >= 0.3 is 0 Å². The molecule has 1 unspecified atom stereocenters. The second-order valence-electron chi connectivity index (χ2n) is 5.27. The minimum atomic E-state index is 0.155. The highest BCUT2D eigenvalue weighted by Gasteiger charge is 2.35. The molecule has 1 aliphatic rings. The molecule has 2 aromatic rings. The third-order valence-corrected chi connectivity index (χ3v) is 4.10. The van der Waals surface area contributed by atoms with Gasteiger partial charge in [-0.1, -0.05) is 37.6 Å². The molecular formula is C16H20N2. The third-order valence-electron chi connectivity index (χ3n) is 4.10. The van der Waals surface area contributed by atoms with E-state index in [0.717, 1.165) is 6.54 Å². The van der Waals surface area contributed by atoms with Crippen molar-refractivity contribution < 1.29 is 0 Å². The highest BCUT2D eigenvalue weighted by molar-refractivity contribution is 5.85. The van der Waals surface area contributed by atoms with E-state index in [9.17, 15) is 0 Å². The van der Waals surface area contributed by atoms with Crippen molar-refractivity contribution in [3.05, 3.63) is 42.2 Å². The molecule has 94 valence electrons. The zero-order valence-corrected chi connectivity index (χ0v) is 10.9. The summed E-state index contributed by atoms with van der Waals surface area (Å²) in [6, 6.07) is 8.59. The van der Waals surface area contributed by atoms with Gasteiger partial charge in [0.25, 0.3) is 0 Å². The Morgan fingerprint density at radius 1 is 1.28 bits per heavy atom. The van der Waals surface area contributed by atoms with Crippen molar-refractivity contribution in [1.82, 2.24) is 10.3 Å². The van der Waals surface area contributed by atoms with Gasteiger partial charge in [0.15, 0.2) is 0 Å². The lowest BCUT2D eigenvalue weighted by Crippen LogP contribution is -2.36. The van der Waals surface area contributed by atoms with Crippen molar-refractivity contribution in [2.75, 3.05) is 6.54 Å². The number of fused-ring (bicyclic) bond motifs is 1. The highest BCUT2D eigenvalue weighted by atomic mass is 15.0. The van der Waals surface area contributed by atoms with E-state index in [2.05, 4.69) is 47.7 Å². The van der Waals surface area contributed by atoms with E-state index >= 15 is 0 Å². The van der Waals surface area contributed by atoms with Gasteiger partial charge < -0.3 is 5.32 Å². The summed E-state index contributed by atoms with van der Waals surface area (Å²) in [5, 5.41) is 6.35. The molecule has 1 fully saturated rings. The first kappa shape index (κ1) is 11.7. The molecule has 1 N–H and O–H groups in total. The van der Waals surface area contributed by atoms with Crippen LogP contribution in [0.1, 0.15) is 38.2 Å². The third kappa shape index (κ3) is 1.81.